The van der Waals surface area contributed by atoms with Crippen LogP contribution >= 0.6 is 0 Å². The number of rotatable bonds is 3. The number of piperidine rings is 1. The highest BCUT2D eigenvalue weighted by atomic mass is 19.1. The van der Waals surface area contributed by atoms with Crippen molar-refractivity contribution in [2.24, 2.45) is 5.92 Å². The second kappa shape index (κ2) is 6.71. The van der Waals surface area contributed by atoms with Gasteiger partial charge in [0.25, 0.3) is 5.56 Å². The van der Waals surface area contributed by atoms with Crippen molar-refractivity contribution >= 4 is 0 Å². The highest BCUT2D eigenvalue weighted by Crippen LogP contribution is 2.35. The number of pyridine rings is 1. The van der Waals surface area contributed by atoms with Gasteiger partial charge in [-0.15, -0.1) is 0 Å². The molecular formula is C22H22FN3O2. The Morgan fingerprint density at radius 2 is 1.96 bits per heavy atom. The molecule has 2 bridgehead atoms. The molecule has 1 aromatic carbocycles. The van der Waals surface area contributed by atoms with Gasteiger partial charge in [0, 0.05) is 49.4 Å². The predicted octanol–water partition coefficient (Wildman–Crippen LogP) is 3.57. The number of nitrogens with zero attached hydrogens (tertiary/aromatic N) is 3. The van der Waals surface area contributed by atoms with E-state index in [4.69, 9.17) is 4.42 Å². The molecule has 4 heterocycles. The van der Waals surface area contributed by atoms with Crippen LogP contribution in [-0.2, 0) is 13.1 Å². The van der Waals surface area contributed by atoms with Crippen molar-refractivity contribution in [3.05, 3.63) is 75.8 Å². The molecule has 1 fully saturated rings. The molecule has 0 saturated carbocycles. The van der Waals surface area contributed by atoms with E-state index >= 15 is 0 Å². The Kier molecular flexibility index (Phi) is 4.16. The standard InChI is InChI=1S/C22H22FN3O2/c1-14-19(24-22(28-14)16-5-7-18(23)8-6-16)13-25-10-15-9-17(12-25)20-3-2-4-21(27)26(20)11-15/h2-8,15,17H,9-13H2,1H3. The third-order valence-corrected chi connectivity index (χ3v) is 5.91. The fourth-order valence-electron chi connectivity index (χ4n) is 4.63. The predicted molar refractivity (Wildman–Crippen MR) is 103 cm³/mol. The summed E-state index contributed by atoms with van der Waals surface area (Å²) in [6, 6.07) is 11.8. The molecule has 3 aromatic rings. The molecule has 0 spiro atoms. The minimum absolute atomic E-state index is 0.108. The lowest BCUT2D eigenvalue weighted by molar-refractivity contribution is 0.113. The Bertz CT molecular complexity index is 1070. The van der Waals surface area contributed by atoms with Crippen molar-refractivity contribution in [3.63, 3.8) is 0 Å². The number of aromatic nitrogens is 2. The zero-order valence-electron chi connectivity index (χ0n) is 15.8. The van der Waals surface area contributed by atoms with E-state index in [0.29, 0.717) is 17.7 Å². The maximum absolute atomic E-state index is 13.2. The summed E-state index contributed by atoms with van der Waals surface area (Å²) in [5.41, 5.74) is 2.96. The number of benzene rings is 1. The average Bonchev–Trinajstić information content (AvgIpc) is 3.04. The van der Waals surface area contributed by atoms with E-state index in [9.17, 15) is 9.18 Å². The summed E-state index contributed by atoms with van der Waals surface area (Å²) in [6.07, 6.45) is 1.14. The van der Waals surface area contributed by atoms with Crippen molar-refractivity contribution in [3.8, 4) is 11.5 Å². The second-order valence-corrected chi connectivity index (χ2v) is 7.92. The van der Waals surface area contributed by atoms with Crippen LogP contribution in [-0.4, -0.2) is 27.5 Å². The van der Waals surface area contributed by atoms with Crippen LogP contribution in [0.4, 0.5) is 4.39 Å². The van der Waals surface area contributed by atoms with Gasteiger partial charge in [-0.25, -0.2) is 9.37 Å². The molecule has 2 aromatic heterocycles. The first kappa shape index (κ1) is 17.4. The number of hydrogen-bond donors (Lipinski definition) is 0. The van der Waals surface area contributed by atoms with Crippen molar-refractivity contribution in [1.29, 1.82) is 0 Å². The maximum Gasteiger partial charge on any atom is 0.250 e. The van der Waals surface area contributed by atoms with Crippen LogP contribution < -0.4 is 5.56 Å². The Labute approximate surface area is 162 Å². The molecule has 6 heteroatoms. The van der Waals surface area contributed by atoms with Gasteiger partial charge >= 0.3 is 0 Å². The molecule has 0 radical (unpaired) electrons. The number of hydrogen-bond acceptors (Lipinski definition) is 4. The minimum atomic E-state index is -0.272. The molecule has 2 aliphatic heterocycles. The van der Waals surface area contributed by atoms with Gasteiger partial charge in [-0.05, 0) is 49.6 Å². The summed E-state index contributed by atoms with van der Waals surface area (Å²) < 4.78 is 21.0. The fraction of sp³-hybridized carbons (Fsp3) is 0.364. The molecule has 2 aliphatic rings. The van der Waals surface area contributed by atoms with E-state index in [-0.39, 0.29) is 11.4 Å². The van der Waals surface area contributed by atoms with Crippen LogP contribution in [0.25, 0.3) is 11.5 Å². The summed E-state index contributed by atoms with van der Waals surface area (Å²) >= 11 is 0. The number of halogens is 1. The molecule has 28 heavy (non-hydrogen) atoms. The van der Waals surface area contributed by atoms with E-state index < -0.39 is 0 Å². The summed E-state index contributed by atoms with van der Waals surface area (Å²) in [6.45, 7) is 5.31. The Balaban J connectivity index is 1.37. The van der Waals surface area contributed by atoms with Gasteiger partial charge < -0.3 is 8.98 Å². The summed E-state index contributed by atoms with van der Waals surface area (Å²) in [5, 5.41) is 0. The number of oxazole rings is 1. The van der Waals surface area contributed by atoms with Crippen molar-refractivity contribution in [2.75, 3.05) is 13.1 Å². The van der Waals surface area contributed by atoms with Crippen LogP contribution in [0.1, 0.15) is 29.5 Å². The lowest BCUT2D eigenvalue weighted by Crippen LogP contribution is -2.46. The van der Waals surface area contributed by atoms with E-state index in [1.54, 1.807) is 18.2 Å². The van der Waals surface area contributed by atoms with Gasteiger partial charge in [-0.2, -0.15) is 0 Å². The fourth-order valence-corrected chi connectivity index (χ4v) is 4.63. The SMILES string of the molecule is Cc1oc(-c2ccc(F)cc2)nc1CN1CC2CC(C1)c1cccc(=O)n1C2. The van der Waals surface area contributed by atoms with Gasteiger partial charge in [0.15, 0.2) is 0 Å². The number of likely N-dealkylation sites (tertiary alicyclic amines) is 1. The quantitative estimate of drug-likeness (QED) is 0.698. The molecule has 144 valence electrons. The first-order valence-corrected chi connectivity index (χ1v) is 9.71. The van der Waals surface area contributed by atoms with Crippen molar-refractivity contribution in [2.45, 2.75) is 32.4 Å². The van der Waals surface area contributed by atoms with Crippen LogP contribution in [0.5, 0.6) is 0 Å². The summed E-state index contributed by atoms with van der Waals surface area (Å²) in [4.78, 5) is 19.3. The molecule has 2 unspecified atom stereocenters. The molecule has 1 saturated heterocycles. The van der Waals surface area contributed by atoms with Gasteiger partial charge in [-0.1, -0.05) is 6.07 Å². The zero-order valence-corrected chi connectivity index (χ0v) is 15.8. The second-order valence-electron chi connectivity index (χ2n) is 7.92. The van der Waals surface area contributed by atoms with Crippen molar-refractivity contribution < 1.29 is 8.81 Å². The topological polar surface area (TPSA) is 51.3 Å². The summed E-state index contributed by atoms with van der Waals surface area (Å²) in [7, 11) is 0. The largest absolute Gasteiger partial charge is 0.441 e. The van der Waals surface area contributed by atoms with Gasteiger partial charge in [0.2, 0.25) is 5.89 Å². The average molecular weight is 379 g/mol. The monoisotopic (exact) mass is 379 g/mol. The molecular weight excluding hydrogens is 357 g/mol. The maximum atomic E-state index is 13.2. The number of aryl methyl sites for hydroxylation is 1. The first-order valence-electron chi connectivity index (χ1n) is 9.71. The Morgan fingerprint density at radius 3 is 2.79 bits per heavy atom. The Morgan fingerprint density at radius 1 is 1.14 bits per heavy atom. The van der Waals surface area contributed by atoms with E-state index in [1.165, 1.54) is 12.1 Å². The highest BCUT2D eigenvalue weighted by Gasteiger charge is 2.34. The van der Waals surface area contributed by atoms with Crippen LogP contribution in [0.3, 0.4) is 0 Å². The third kappa shape index (κ3) is 3.07. The molecule has 0 N–H and O–H groups in total. The zero-order chi connectivity index (χ0) is 19.3. The van der Waals surface area contributed by atoms with Crippen LogP contribution in [0.2, 0.25) is 0 Å². The number of fused-ring (bicyclic) bond motifs is 4. The minimum Gasteiger partial charge on any atom is -0.441 e. The third-order valence-electron chi connectivity index (χ3n) is 5.91. The van der Waals surface area contributed by atoms with Gasteiger partial charge in [0.1, 0.15) is 11.6 Å². The van der Waals surface area contributed by atoms with Crippen LogP contribution in [0, 0.1) is 18.7 Å². The van der Waals surface area contributed by atoms with Crippen molar-refractivity contribution in [1.82, 2.24) is 14.5 Å². The van der Waals surface area contributed by atoms with E-state index in [2.05, 4.69) is 16.0 Å². The highest BCUT2D eigenvalue weighted by molar-refractivity contribution is 5.53. The summed E-state index contributed by atoms with van der Waals surface area (Å²) in [5.74, 6) is 1.92. The smallest absolute Gasteiger partial charge is 0.250 e. The lowest BCUT2D eigenvalue weighted by Gasteiger charge is -2.42. The Hall–Kier alpha value is -2.73. The molecule has 5 rings (SSSR count). The molecule has 2 atom stereocenters. The molecule has 0 amide bonds. The van der Waals surface area contributed by atoms with Gasteiger partial charge in [0.05, 0.1) is 5.69 Å². The molecule has 0 aliphatic carbocycles. The normalized spacial score (nSPS) is 21.5. The first-order chi connectivity index (χ1) is 13.6. The molecule has 5 nitrogen and oxygen atoms in total. The van der Waals surface area contributed by atoms with Crippen LogP contribution in [0.15, 0.2) is 51.7 Å². The van der Waals surface area contributed by atoms with E-state index in [0.717, 1.165) is 55.3 Å². The van der Waals surface area contributed by atoms with E-state index in [1.807, 2.05) is 17.6 Å². The lowest BCUT2D eigenvalue weighted by atomic mass is 9.83. The van der Waals surface area contributed by atoms with Gasteiger partial charge in [-0.3, -0.25) is 9.69 Å².